The Morgan fingerprint density at radius 3 is 2.66 bits per heavy atom. The van der Waals surface area contributed by atoms with Crippen molar-refractivity contribution in [2.24, 2.45) is 4.99 Å². The van der Waals surface area contributed by atoms with Crippen LogP contribution in [0.2, 0.25) is 5.15 Å². The predicted octanol–water partition coefficient (Wildman–Crippen LogP) is 3.63. The Morgan fingerprint density at radius 2 is 2.06 bits per heavy atom. The van der Waals surface area contributed by atoms with Crippen molar-refractivity contribution in [2.45, 2.75) is 77.2 Å². The molecule has 1 aromatic rings. The maximum absolute atomic E-state index is 12.7. The lowest BCUT2D eigenvalue weighted by Gasteiger charge is -2.40. The van der Waals surface area contributed by atoms with Crippen LogP contribution < -0.4 is 5.32 Å². The molecule has 1 fully saturated rings. The van der Waals surface area contributed by atoms with E-state index in [1.54, 1.807) is 17.3 Å². The third-order valence-corrected chi connectivity index (χ3v) is 5.66. The summed E-state index contributed by atoms with van der Waals surface area (Å²) < 4.78 is 0. The Hall–Kier alpha value is -2.46. The molecule has 1 N–H and O–H groups in total. The molecular weight excluding hydrogens is 436 g/mol. The lowest BCUT2D eigenvalue weighted by atomic mass is 9.95. The Kier molecular flexibility index (Phi) is 7.89. The maximum atomic E-state index is 12.7. The fourth-order valence-corrected chi connectivity index (χ4v) is 4.17. The Balaban J connectivity index is 1.86. The zero-order chi connectivity index (χ0) is 23.3. The number of aromatic nitrogens is 1. The molecule has 2 aliphatic rings. The van der Waals surface area contributed by atoms with Gasteiger partial charge in [0, 0.05) is 29.2 Å². The first-order valence-electron chi connectivity index (χ1n) is 10.9. The van der Waals surface area contributed by atoms with Crippen LogP contribution in [0.25, 0.3) is 0 Å². The number of amides is 1. The van der Waals surface area contributed by atoms with Gasteiger partial charge in [0.1, 0.15) is 11.3 Å². The first-order valence-corrected chi connectivity index (χ1v) is 11.3. The molecule has 10 nitrogen and oxygen atoms in total. The third kappa shape index (κ3) is 6.77. The monoisotopic (exact) mass is 466 g/mol. The van der Waals surface area contributed by atoms with Crippen molar-refractivity contribution in [3.63, 3.8) is 0 Å². The highest BCUT2D eigenvalue weighted by Gasteiger charge is 2.40. The van der Waals surface area contributed by atoms with Crippen LogP contribution in [0.15, 0.2) is 23.3 Å². The molecule has 0 radical (unpaired) electrons. The zero-order valence-corrected chi connectivity index (χ0v) is 19.5. The summed E-state index contributed by atoms with van der Waals surface area (Å²) in [5.74, 6) is 0.357. The van der Waals surface area contributed by atoms with Crippen LogP contribution >= 0.6 is 11.6 Å². The average Bonchev–Trinajstić information content (AvgIpc) is 3.08. The number of aliphatic imine (C=N–C) groups is 1. The lowest BCUT2D eigenvalue weighted by Crippen LogP contribution is -2.56. The number of pyridine rings is 1. The van der Waals surface area contributed by atoms with E-state index in [4.69, 9.17) is 16.4 Å². The number of hydroxylamine groups is 2. The van der Waals surface area contributed by atoms with E-state index >= 15 is 0 Å². The van der Waals surface area contributed by atoms with Gasteiger partial charge in [0.15, 0.2) is 5.84 Å². The van der Waals surface area contributed by atoms with E-state index in [1.165, 1.54) is 0 Å². The molecule has 3 rings (SSSR count). The predicted molar refractivity (Wildman–Crippen MR) is 121 cm³/mol. The van der Waals surface area contributed by atoms with Crippen LogP contribution in [0.1, 0.15) is 58.4 Å². The smallest absolute Gasteiger partial charge is 0.349 e. The molecule has 1 aromatic heterocycles. The minimum Gasteiger partial charge on any atom is -0.349 e. The number of hydrogen-bond donors (Lipinski definition) is 1. The fourth-order valence-electron chi connectivity index (χ4n) is 4.05. The van der Waals surface area contributed by atoms with Crippen molar-refractivity contribution in [1.82, 2.24) is 20.3 Å². The summed E-state index contributed by atoms with van der Waals surface area (Å²) in [5.41, 5.74) is 0.382. The number of hydrogen-bond acceptors (Lipinski definition) is 8. The molecule has 176 valence electrons. The highest BCUT2D eigenvalue weighted by atomic mass is 35.5. The SMILES string of the molecule is CC(C)(C)NC(=O)ON(C1CCCCC1)C1CN=C(C[N+](=O)[O-])N1Cc1ccc(Cl)nc1. The molecule has 1 aliphatic heterocycles. The summed E-state index contributed by atoms with van der Waals surface area (Å²) in [7, 11) is 0. The van der Waals surface area contributed by atoms with Gasteiger partial charge in [-0.1, -0.05) is 36.9 Å². The molecule has 2 heterocycles. The minimum absolute atomic E-state index is 0.0236. The van der Waals surface area contributed by atoms with Gasteiger partial charge in [0.2, 0.25) is 0 Å². The summed E-state index contributed by atoms with van der Waals surface area (Å²) in [4.78, 5) is 39.8. The molecule has 0 bridgehead atoms. The molecule has 1 aliphatic carbocycles. The number of nitrogens with one attached hydrogen (secondary N) is 1. The van der Waals surface area contributed by atoms with Crippen LogP contribution in [0.3, 0.4) is 0 Å². The van der Waals surface area contributed by atoms with E-state index in [2.05, 4.69) is 15.3 Å². The van der Waals surface area contributed by atoms with Crippen molar-refractivity contribution in [3.05, 3.63) is 39.2 Å². The molecule has 11 heteroatoms. The topological polar surface area (TPSA) is 113 Å². The van der Waals surface area contributed by atoms with Crippen LogP contribution in [0.4, 0.5) is 4.79 Å². The van der Waals surface area contributed by atoms with Gasteiger partial charge in [0.25, 0.3) is 6.54 Å². The molecule has 0 saturated heterocycles. The summed E-state index contributed by atoms with van der Waals surface area (Å²) in [6, 6.07) is 3.53. The zero-order valence-electron chi connectivity index (χ0n) is 18.8. The normalized spacial score (nSPS) is 19.7. The number of rotatable bonds is 7. The average molecular weight is 467 g/mol. The van der Waals surface area contributed by atoms with Gasteiger partial charge in [-0.3, -0.25) is 15.1 Å². The molecule has 0 spiro atoms. The second kappa shape index (κ2) is 10.4. The second-order valence-corrected chi connectivity index (χ2v) is 9.64. The number of carbonyl (C=O) groups excluding carboxylic acids is 1. The van der Waals surface area contributed by atoms with Gasteiger partial charge in [-0.05, 0) is 45.2 Å². The van der Waals surface area contributed by atoms with Crippen LogP contribution in [-0.4, -0.2) is 62.6 Å². The van der Waals surface area contributed by atoms with Crippen molar-refractivity contribution >= 4 is 23.5 Å². The van der Waals surface area contributed by atoms with Crippen molar-refractivity contribution in [1.29, 1.82) is 0 Å². The number of halogens is 1. The van der Waals surface area contributed by atoms with Gasteiger partial charge >= 0.3 is 6.09 Å². The van der Waals surface area contributed by atoms with Crippen LogP contribution in [0.5, 0.6) is 0 Å². The van der Waals surface area contributed by atoms with E-state index in [0.717, 1.165) is 37.7 Å². The van der Waals surface area contributed by atoms with E-state index in [0.29, 0.717) is 17.5 Å². The second-order valence-electron chi connectivity index (χ2n) is 9.25. The quantitative estimate of drug-likeness (QED) is 0.370. The molecule has 1 atom stereocenters. The van der Waals surface area contributed by atoms with Gasteiger partial charge in [-0.15, -0.1) is 5.06 Å². The van der Waals surface area contributed by atoms with E-state index in [9.17, 15) is 14.9 Å². The van der Waals surface area contributed by atoms with Crippen molar-refractivity contribution in [2.75, 3.05) is 13.1 Å². The van der Waals surface area contributed by atoms with E-state index in [-0.39, 0.29) is 12.6 Å². The number of amidine groups is 1. The van der Waals surface area contributed by atoms with Crippen molar-refractivity contribution in [3.8, 4) is 0 Å². The molecular formula is C21H31ClN6O4. The molecule has 1 unspecified atom stereocenters. The van der Waals surface area contributed by atoms with Gasteiger partial charge in [-0.25, -0.2) is 9.78 Å². The largest absolute Gasteiger partial charge is 0.426 e. The maximum Gasteiger partial charge on any atom is 0.426 e. The highest BCUT2D eigenvalue weighted by Crippen LogP contribution is 2.29. The molecule has 1 saturated carbocycles. The Morgan fingerprint density at radius 1 is 1.34 bits per heavy atom. The number of carbonyl (C=O) groups is 1. The van der Waals surface area contributed by atoms with Crippen LogP contribution in [-0.2, 0) is 11.4 Å². The number of nitrogens with zero attached hydrogens (tertiary/aromatic N) is 5. The first kappa shape index (κ1) is 24.2. The van der Waals surface area contributed by atoms with Gasteiger partial charge in [-0.2, -0.15) is 0 Å². The van der Waals surface area contributed by atoms with Gasteiger partial charge < -0.3 is 15.1 Å². The minimum atomic E-state index is -0.543. The summed E-state index contributed by atoms with van der Waals surface area (Å²) in [5, 5.41) is 16.2. The third-order valence-electron chi connectivity index (χ3n) is 5.43. The Bertz CT molecular complexity index is 836. The summed E-state index contributed by atoms with van der Waals surface area (Å²) >= 11 is 5.91. The summed E-state index contributed by atoms with van der Waals surface area (Å²) in [6.45, 7) is 5.87. The lowest BCUT2D eigenvalue weighted by molar-refractivity contribution is -0.464. The molecule has 1 amide bonds. The fraction of sp³-hybridized carbons (Fsp3) is 0.667. The van der Waals surface area contributed by atoms with Gasteiger partial charge in [0.05, 0.1) is 6.54 Å². The van der Waals surface area contributed by atoms with E-state index < -0.39 is 29.3 Å². The first-order chi connectivity index (χ1) is 15.1. The van der Waals surface area contributed by atoms with Crippen molar-refractivity contribution < 1.29 is 14.6 Å². The standard InChI is InChI=1S/C21H31ClN6O4/c1-21(2,3)25-20(29)32-28(16-7-5-4-6-8-16)19-12-24-18(14-27(30)31)26(19)13-15-9-10-17(22)23-11-15/h9-11,16,19H,4-8,12-14H2,1-3H3,(H,25,29). The number of nitro groups is 1. The van der Waals surface area contributed by atoms with Crippen LogP contribution in [0, 0.1) is 10.1 Å². The Labute approximate surface area is 193 Å². The highest BCUT2D eigenvalue weighted by molar-refractivity contribution is 6.29. The molecule has 32 heavy (non-hydrogen) atoms. The summed E-state index contributed by atoms with van der Waals surface area (Å²) in [6.07, 6.45) is 5.67. The van der Waals surface area contributed by atoms with E-state index in [1.807, 2.05) is 31.7 Å². The molecule has 0 aromatic carbocycles.